The summed E-state index contributed by atoms with van der Waals surface area (Å²) in [7, 11) is 0. The summed E-state index contributed by atoms with van der Waals surface area (Å²) in [6.07, 6.45) is 2.95. The summed E-state index contributed by atoms with van der Waals surface area (Å²) in [4.78, 5) is 0. The summed E-state index contributed by atoms with van der Waals surface area (Å²) < 4.78 is 13.9. The molecule has 2 nitrogen and oxygen atoms in total. The van der Waals surface area contributed by atoms with Crippen molar-refractivity contribution < 1.29 is 9.50 Å². The van der Waals surface area contributed by atoms with Crippen molar-refractivity contribution in [1.82, 2.24) is 5.32 Å². The molecule has 1 aliphatic rings. The Bertz CT molecular complexity index is 389. The maximum atomic E-state index is 13.4. The lowest BCUT2D eigenvalue weighted by Gasteiger charge is -2.26. The minimum atomic E-state index is -0.709. The number of hydrogen-bond donors (Lipinski definition) is 2. The molecule has 0 spiro atoms. The first-order valence-electron chi connectivity index (χ1n) is 5.97. The van der Waals surface area contributed by atoms with E-state index in [4.69, 9.17) is 0 Å². The molecular weight excluding hydrogens is 285 g/mol. The van der Waals surface area contributed by atoms with E-state index in [1.807, 2.05) is 6.07 Å². The maximum Gasteiger partial charge on any atom is 0.137 e. The molecule has 94 valence electrons. The zero-order valence-corrected chi connectivity index (χ0v) is 11.3. The number of rotatable bonds is 2. The Hall–Kier alpha value is -0.450. The third-order valence-corrected chi connectivity index (χ3v) is 4.20. The van der Waals surface area contributed by atoms with E-state index >= 15 is 0 Å². The summed E-state index contributed by atoms with van der Waals surface area (Å²) >= 11 is 3.25. The van der Waals surface area contributed by atoms with Crippen molar-refractivity contribution in [1.29, 1.82) is 0 Å². The second kappa shape index (κ2) is 5.46. The van der Waals surface area contributed by atoms with Gasteiger partial charge in [0, 0.05) is 6.42 Å². The molecule has 0 aliphatic carbocycles. The number of hydrogen-bond acceptors (Lipinski definition) is 2. The van der Waals surface area contributed by atoms with Crippen LogP contribution in [0, 0.1) is 5.82 Å². The van der Waals surface area contributed by atoms with E-state index in [2.05, 4.69) is 21.2 Å². The number of nitrogens with one attached hydrogen (secondary N) is 1. The summed E-state index contributed by atoms with van der Waals surface area (Å²) in [5.74, 6) is -0.266. The molecule has 1 atom stereocenters. The minimum absolute atomic E-state index is 0.266. The quantitative estimate of drug-likeness (QED) is 0.880. The Morgan fingerprint density at radius 2 is 2.18 bits per heavy atom. The van der Waals surface area contributed by atoms with Crippen molar-refractivity contribution in [2.24, 2.45) is 0 Å². The number of halogens is 2. The molecule has 17 heavy (non-hydrogen) atoms. The maximum absolute atomic E-state index is 13.4. The molecule has 0 bridgehead atoms. The van der Waals surface area contributed by atoms with Crippen LogP contribution in [0.3, 0.4) is 0 Å². The fraction of sp³-hybridized carbons (Fsp3) is 0.538. The van der Waals surface area contributed by atoms with Gasteiger partial charge in [0.2, 0.25) is 0 Å². The molecule has 1 saturated heterocycles. The van der Waals surface area contributed by atoms with E-state index in [9.17, 15) is 9.50 Å². The molecule has 1 aromatic rings. The van der Waals surface area contributed by atoms with Crippen molar-refractivity contribution >= 4 is 15.9 Å². The lowest BCUT2D eigenvalue weighted by Crippen LogP contribution is -2.32. The highest BCUT2D eigenvalue weighted by Crippen LogP contribution is 2.29. The first-order valence-corrected chi connectivity index (χ1v) is 6.76. The summed E-state index contributed by atoms with van der Waals surface area (Å²) in [5.41, 5.74) is 0.134. The van der Waals surface area contributed by atoms with Crippen molar-refractivity contribution in [2.45, 2.75) is 31.3 Å². The predicted molar refractivity (Wildman–Crippen MR) is 69.5 cm³/mol. The van der Waals surface area contributed by atoms with Crippen molar-refractivity contribution in [3.8, 4) is 0 Å². The molecule has 4 heteroatoms. The van der Waals surface area contributed by atoms with Crippen LogP contribution in [0.25, 0.3) is 0 Å². The van der Waals surface area contributed by atoms with Crippen molar-refractivity contribution in [3.63, 3.8) is 0 Å². The van der Waals surface area contributed by atoms with Gasteiger partial charge in [-0.1, -0.05) is 12.1 Å². The Labute approximate surface area is 109 Å². The van der Waals surface area contributed by atoms with Crippen LogP contribution < -0.4 is 5.32 Å². The van der Waals surface area contributed by atoms with Crippen molar-refractivity contribution in [3.05, 3.63) is 34.1 Å². The molecule has 2 rings (SSSR count). The van der Waals surface area contributed by atoms with Gasteiger partial charge in [-0.05, 0) is 59.9 Å². The Morgan fingerprint density at radius 1 is 1.35 bits per heavy atom. The van der Waals surface area contributed by atoms with E-state index in [1.54, 1.807) is 6.07 Å². The molecule has 1 aromatic carbocycles. The number of aliphatic hydroxyl groups is 1. The highest BCUT2D eigenvalue weighted by molar-refractivity contribution is 9.10. The number of benzene rings is 1. The lowest BCUT2D eigenvalue weighted by atomic mass is 9.88. The van der Waals surface area contributed by atoms with Crippen LogP contribution in [0.5, 0.6) is 0 Å². The third-order valence-electron chi connectivity index (χ3n) is 3.31. The fourth-order valence-corrected chi connectivity index (χ4v) is 2.73. The Balaban J connectivity index is 2.15. The van der Waals surface area contributed by atoms with Gasteiger partial charge < -0.3 is 10.4 Å². The van der Waals surface area contributed by atoms with E-state index in [0.29, 0.717) is 10.9 Å². The van der Waals surface area contributed by atoms with Gasteiger partial charge in [0.1, 0.15) is 5.82 Å². The van der Waals surface area contributed by atoms with Gasteiger partial charge in [0.15, 0.2) is 0 Å². The van der Waals surface area contributed by atoms with Crippen LogP contribution in [-0.4, -0.2) is 23.8 Å². The van der Waals surface area contributed by atoms with Gasteiger partial charge in [-0.15, -0.1) is 0 Å². The SMILES string of the molecule is OC1(Cc2cccc(F)c2Br)CCCNCC1. The second-order valence-corrected chi connectivity index (χ2v) is 5.51. The molecular formula is C13H17BrFNO. The standard InChI is InChI=1S/C13H17BrFNO/c14-12-10(3-1-4-11(12)15)9-13(17)5-2-7-16-8-6-13/h1,3-4,16-17H,2,5-9H2. The van der Waals surface area contributed by atoms with Crippen LogP contribution >= 0.6 is 15.9 Å². The topological polar surface area (TPSA) is 32.3 Å². The zero-order chi connectivity index (χ0) is 12.3. The molecule has 0 aromatic heterocycles. The molecule has 0 amide bonds. The van der Waals surface area contributed by atoms with E-state index in [1.165, 1.54) is 6.07 Å². The highest BCUT2D eigenvalue weighted by Gasteiger charge is 2.29. The van der Waals surface area contributed by atoms with Gasteiger partial charge in [-0.2, -0.15) is 0 Å². The largest absolute Gasteiger partial charge is 0.389 e. The lowest BCUT2D eigenvalue weighted by molar-refractivity contribution is 0.0282. The predicted octanol–water partition coefficient (Wildman–Crippen LogP) is 2.64. The van der Waals surface area contributed by atoms with Crippen LogP contribution in [0.1, 0.15) is 24.8 Å². The highest BCUT2D eigenvalue weighted by atomic mass is 79.9. The summed E-state index contributed by atoms with van der Waals surface area (Å²) in [5, 5.41) is 13.8. The smallest absolute Gasteiger partial charge is 0.137 e. The monoisotopic (exact) mass is 301 g/mol. The average Bonchev–Trinajstić information content (AvgIpc) is 2.50. The Morgan fingerprint density at radius 3 is 3.00 bits per heavy atom. The first-order chi connectivity index (χ1) is 8.11. The van der Waals surface area contributed by atoms with Gasteiger partial charge in [-0.25, -0.2) is 4.39 Å². The minimum Gasteiger partial charge on any atom is -0.389 e. The third kappa shape index (κ3) is 3.27. The van der Waals surface area contributed by atoms with Gasteiger partial charge in [0.05, 0.1) is 10.1 Å². The Kier molecular flexibility index (Phi) is 4.17. The summed E-state index contributed by atoms with van der Waals surface area (Å²) in [6.45, 7) is 1.77. The first kappa shape index (κ1) is 13.0. The molecule has 1 heterocycles. The molecule has 1 unspecified atom stereocenters. The van der Waals surface area contributed by atoms with Crippen LogP contribution in [0.4, 0.5) is 4.39 Å². The fourth-order valence-electron chi connectivity index (χ4n) is 2.33. The molecule has 1 aliphatic heterocycles. The molecule has 1 fully saturated rings. The van der Waals surface area contributed by atoms with Gasteiger partial charge >= 0.3 is 0 Å². The van der Waals surface area contributed by atoms with E-state index in [-0.39, 0.29) is 5.82 Å². The van der Waals surface area contributed by atoms with E-state index in [0.717, 1.165) is 37.9 Å². The normalized spacial score (nSPS) is 25.6. The summed E-state index contributed by atoms with van der Waals surface area (Å²) in [6, 6.07) is 4.98. The molecule has 0 saturated carbocycles. The molecule has 2 N–H and O–H groups in total. The van der Waals surface area contributed by atoms with Crippen LogP contribution in [0.2, 0.25) is 0 Å². The zero-order valence-electron chi connectivity index (χ0n) is 9.68. The van der Waals surface area contributed by atoms with Crippen molar-refractivity contribution in [2.75, 3.05) is 13.1 Å². The molecule has 0 radical (unpaired) electrons. The average molecular weight is 302 g/mol. The van der Waals surface area contributed by atoms with Crippen LogP contribution in [0.15, 0.2) is 22.7 Å². The van der Waals surface area contributed by atoms with Gasteiger partial charge in [-0.3, -0.25) is 0 Å². The second-order valence-electron chi connectivity index (χ2n) is 4.72. The van der Waals surface area contributed by atoms with Crippen LogP contribution in [-0.2, 0) is 6.42 Å². The van der Waals surface area contributed by atoms with E-state index < -0.39 is 5.60 Å². The van der Waals surface area contributed by atoms with Gasteiger partial charge in [0.25, 0.3) is 0 Å².